The van der Waals surface area contributed by atoms with Crippen LogP contribution in [0.25, 0.3) is 0 Å². The number of nitrogens with one attached hydrogen (secondary N) is 1. The fourth-order valence-corrected chi connectivity index (χ4v) is 4.95. The standard InChI is InChI=1S/C19H27ClN2O2S/c1-15-16(20)5-4-6-17(15)24-13-18(23)21-14-19(7-2-3-8-19)22-9-11-25-12-10-22/h4-6H,2-3,7-14H2,1H3,(H,21,23). The number of hydrogen-bond acceptors (Lipinski definition) is 4. The Hall–Kier alpha value is -0.910. The first-order chi connectivity index (χ1) is 12.1. The number of benzene rings is 1. The zero-order valence-corrected chi connectivity index (χ0v) is 16.4. The molecule has 2 aliphatic rings. The van der Waals surface area contributed by atoms with Crippen molar-refractivity contribution in [2.75, 3.05) is 37.7 Å². The van der Waals surface area contributed by atoms with Gasteiger partial charge in [-0.3, -0.25) is 9.69 Å². The van der Waals surface area contributed by atoms with E-state index in [-0.39, 0.29) is 18.1 Å². The third-order valence-corrected chi connectivity index (χ3v) is 6.76. The highest BCUT2D eigenvalue weighted by molar-refractivity contribution is 7.99. The van der Waals surface area contributed by atoms with Gasteiger partial charge in [0, 0.05) is 47.3 Å². The Balaban J connectivity index is 1.52. The second kappa shape index (κ2) is 8.65. The summed E-state index contributed by atoms with van der Waals surface area (Å²) in [6.45, 7) is 4.94. The lowest BCUT2D eigenvalue weighted by Crippen LogP contribution is -2.56. The number of carbonyl (C=O) groups is 1. The second-order valence-corrected chi connectivity index (χ2v) is 8.59. The van der Waals surface area contributed by atoms with Crippen LogP contribution < -0.4 is 10.1 Å². The molecule has 0 aromatic heterocycles. The van der Waals surface area contributed by atoms with Gasteiger partial charge in [-0.2, -0.15) is 11.8 Å². The summed E-state index contributed by atoms with van der Waals surface area (Å²) >= 11 is 8.12. The monoisotopic (exact) mass is 382 g/mol. The summed E-state index contributed by atoms with van der Waals surface area (Å²) in [5, 5.41) is 3.78. The van der Waals surface area contributed by atoms with Gasteiger partial charge in [-0.25, -0.2) is 0 Å². The van der Waals surface area contributed by atoms with Crippen LogP contribution in [0, 0.1) is 6.92 Å². The molecule has 0 atom stereocenters. The number of ether oxygens (including phenoxy) is 1. The number of halogens is 1. The fourth-order valence-electron chi connectivity index (χ4n) is 3.88. The molecule has 0 bridgehead atoms. The van der Waals surface area contributed by atoms with Gasteiger partial charge in [0.05, 0.1) is 0 Å². The summed E-state index contributed by atoms with van der Waals surface area (Å²) in [6.07, 6.45) is 4.90. The van der Waals surface area contributed by atoms with E-state index in [0.29, 0.717) is 10.8 Å². The average molecular weight is 383 g/mol. The molecule has 138 valence electrons. The highest BCUT2D eigenvalue weighted by Crippen LogP contribution is 2.36. The first kappa shape index (κ1) is 18.9. The first-order valence-electron chi connectivity index (χ1n) is 9.08. The Kier molecular flexibility index (Phi) is 6.53. The second-order valence-electron chi connectivity index (χ2n) is 6.96. The predicted molar refractivity (Wildman–Crippen MR) is 105 cm³/mol. The summed E-state index contributed by atoms with van der Waals surface area (Å²) in [5.41, 5.74) is 1.03. The van der Waals surface area contributed by atoms with Gasteiger partial charge in [0.25, 0.3) is 5.91 Å². The zero-order chi connectivity index (χ0) is 17.7. The maximum atomic E-state index is 12.3. The van der Waals surface area contributed by atoms with Crippen LogP contribution >= 0.6 is 23.4 Å². The molecular formula is C19H27ClN2O2S. The average Bonchev–Trinajstić information content (AvgIpc) is 3.12. The minimum Gasteiger partial charge on any atom is -0.483 e. The molecule has 4 nitrogen and oxygen atoms in total. The molecule has 25 heavy (non-hydrogen) atoms. The Morgan fingerprint density at radius 2 is 2.04 bits per heavy atom. The van der Waals surface area contributed by atoms with Gasteiger partial charge in [-0.1, -0.05) is 30.5 Å². The normalized spacial score (nSPS) is 20.4. The third kappa shape index (κ3) is 4.63. The lowest BCUT2D eigenvalue weighted by Gasteiger charge is -2.43. The van der Waals surface area contributed by atoms with Crippen LogP contribution in [-0.2, 0) is 4.79 Å². The molecule has 2 fully saturated rings. The molecule has 1 heterocycles. The van der Waals surface area contributed by atoms with Crippen molar-refractivity contribution < 1.29 is 9.53 Å². The lowest BCUT2D eigenvalue weighted by atomic mass is 9.94. The maximum Gasteiger partial charge on any atom is 0.258 e. The van der Waals surface area contributed by atoms with Crippen LogP contribution in [0.1, 0.15) is 31.2 Å². The fraction of sp³-hybridized carbons (Fsp3) is 0.632. The molecule has 1 aromatic carbocycles. The molecule has 1 aliphatic carbocycles. The van der Waals surface area contributed by atoms with Crippen molar-refractivity contribution in [1.82, 2.24) is 10.2 Å². The van der Waals surface area contributed by atoms with Crippen molar-refractivity contribution in [2.45, 2.75) is 38.1 Å². The number of nitrogens with zero attached hydrogens (tertiary/aromatic N) is 1. The van der Waals surface area contributed by atoms with Gasteiger partial charge in [0.15, 0.2) is 6.61 Å². The summed E-state index contributed by atoms with van der Waals surface area (Å²) in [6, 6.07) is 5.51. The van der Waals surface area contributed by atoms with Crippen molar-refractivity contribution in [3.63, 3.8) is 0 Å². The van der Waals surface area contributed by atoms with E-state index in [2.05, 4.69) is 10.2 Å². The number of amides is 1. The van der Waals surface area contributed by atoms with Crippen LogP contribution in [0.15, 0.2) is 18.2 Å². The molecule has 1 saturated carbocycles. The SMILES string of the molecule is Cc1c(Cl)cccc1OCC(=O)NCC1(N2CCSCC2)CCCC1. The van der Waals surface area contributed by atoms with E-state index in [1.165, 1.54) is 37.2 Å². The Morgan fingerprint density at radius 1 is 1.32 bits per heavy atom. The van der Waals surface area contributed by atoms with Crippen LogP contribution in [0.2, 0.25) is 5.02 Å². The maximum absolute atomic E-state index is 12.3. The molecule has 0 unspecified atom stereocenters. The molecule has 1 N–H and O–H groups in total. The van der Waals surface area contributed by atoms with E-state index in [1.807, 2.05) is 36.9 Å². The van der Waals surface area contributed by atoms with Gasteiger partial charge in [0.1, 0.15) is 5.75 Å². The van der Waals surface area contributed by atoms with E-state index in [1.54, 1.807) is 0 Å². The van der Waals surface area contributed by atoms with E-state index in [9.17, 15) is 4.79 Å². The molecular weight excluding hydrogens is 356 g/mol. The van der Waals surface area contributed by atoms with Crippen LogP contribution in [0.3, 0.4) is 0 Å². The molecule has 3 rings (SSSR count). The number of rotatable bonds is 6. The van der Waals surface area contributed by atoms with Gasteiger partial charge in [-0.05, 0) is 31.9 Å². The van der Waals surface area contributed by atoms with Gasteiger partial charge >= 0.3 is 0 Å². The quantitative estimate of drug-likeness (QED) is 0.817. The molecule has 0 spiro atoms. The minimum absolute atomic E-state index is 0.0348. The summed E-state index contributed by atoms with van der Waals surface area (Å²) in [4.78, 5) is 14.9. The number of carbonyl (C=O) groups excluding carboxylic acids is 1. The lowest BCUT2D eigenvalue weighted by molar-refractivity contribution is -0.123. The molecule has 6 heteroatoms. The molecule has 1 saturated heterocycles. The third-order valence-electron chi connectivity index (χ3n) is 5.41. The van der Waals surface area contributed by atoms with E-state index in [0.717, 1.165) is 25.2 Å². The minimum atomic E-state index is -0.0583. The Bertz CT molecular complexity index is 599. The molecule has 1 aromatic rings. The highest BCUT2D eigenvalue weighted by atomic mass is 35.5. The van der Waals surface area contributed by atoms with E-state index >= 15 is 0 Å². The van der Waals surface area contributed by atoms with Crippen molar-refractivity contribution in [2.24, 2.45) is 0 Å². The van der Waals surface area contributed by atoms with Crippen molar-refractivity contribution in [3.8, 4) is 5.75 Å². The van der Waals surface area contributed by atoms with E-state index < -0.39 is 0 Å². The van der Waals surface area contributed by atoms with Gasteiger partial charge < -0.3 is 10.1 Å². The summed E-state index contributed by atoms with van der Waals surface area (Å²) in [7, 11) is 0. The van der Waals surface area contributed by atoms with Crippen molar-refractivity contribution in [1.29, 1.82) is 0 Å². The van der Waals surface area contributed by atoms with Crippen LogP contribution in [-0.4, -0.2) is 54.1 Å². The summed E-state index contributed by atoms with van der Waals surface area (Å²) in [5.74, 6) is 3.02. The molecule has 1 amide bonds. The highest BCUT2D eigenvalue weighted by Gasteiger charge is 2.40. The van der Waals surface area contributed by atoms with Gasteiger partial charge in [-0.15, -0.1) is 0 Å². The number of hydrogen-bond donors (Lipinski definition) is 1. The Labute approximate surface area is 159 Å². The van der Waals surface area contributed by atoms with Crippen molar-refractivity contribution >= 4 is 29.3 Å². The predicted octanol–water partition coefficient (Wildman–Crippen LogP) is 3.51. The van der Waals surface area contributed by atoms with Crippen molar-refractivity contribution in [3.05, 3.63) is 28.8 Å². The Morgan fingerprint density at radius 3 is 2.76 bits per heavy atom. The van der Waals surface area contributed by atoms with Crippen LogP contribution in [0.4, 0.5) is 0 Å². The molecule has 1 aliphatic heterocycles. The zero-order valence-electron chi connectivity index (χ0n) is 14.9. The number of thioether (sulfide) groups is 1. The van der Waals surface area contributed by atoms with Gasteiger partial charge in [0.2, 0.25) is 0 Å². The largest absolute Gasteiger partial charge is 0.483 e. The molecule has 0 radical (unpaired) electrons. The first-order valence-corrected chi connectivity index (χ1v) is 10.6. The van der Waals surface area contributed by atoms with E-state index in [4.69, 9.17) is 16.3 Å². The topological polar surface area (TPSA) is 41.6 Å². The summed E-state index contributed by atoms with van der Waals surface area (Å²) < 4.78 is 5.66. The smallest absolute Gasteiger partial charge is 0.258 e. The van der Waals surface area contributed by atoms with Crippen LogP contribution in [0.5, 0.6) is 5.75 Å².